The molecule has 0 saturated heterocycles. The molecule has 0 aliphatic carbocycles. The van der Waals surface area contributed by atoms with Crippen LogP contribution in [0.25, 0.3) is 0 Å². The van der Waals surface area contributed by atoms with Gasteiger partial charge in [0.25, 0.3) is 5.91 Å². The molecule has 0 bridgehead atoms. The van der Waals surface area contributed by atoms with Crippen molar-refractivity contribution in [3.05, 3.63) is 12.1 Å². The molecule has 0 atom stereocenters. The minimum atomic E-state index is -0.689. The largest absolute Gasteiger partial charge is 0.414 e. The number of carbonyl (C=O) groups excluding carboxylic acids is 3. The number of methoxy groups -OCH3 is 1. The summed E-state index contributed by atoms with van der Waals surface area (Å²) in [6.07, 6.45) is 0.653. The fourth-order valence-electron chi connectivity index (χ4n) is 1.81. The second-order valence-corrected chi connectivity index (χ2v) is 5.92. The van der Waals surface area contributed by atoms with Crippen molar-refractivity contribution < 1.29 is 23.9 Å². The molecule has 0 radical (unpaired) electrons. The fourth-order valence-corrected chi connectivity index (χ4v) is 1.81. The predicted molar refractivity (Wildman–Crippen MR) is 78.4 cm³/mol. The summed E-state index contributed by atoms with van der Waals surface area (Å²) in [5.74, 6) is -0.526. The molecule has 8 nitrogen and oxygen atoms in total. The van der Waals surface area contributed by atoms with Crippen LogP contribution in [-0.2, 0) is 19.1 Å². The molecular weight excluding hydrogens is 290 g/mol. The summed E-state index contributed by atoms with van der Waals surface area (Å²) in [6.45, 7) is 7.26. The number of alkyl carbamates (subject to hydrolysis) is 1. The Morgan fingerprint density at radius 1 is 1.27 bits per heavy atom. The molecule has 1 N–H and O–H groups in total. The van der Waals surface area contributed by atoms with Gasteiger partial charge in [0.2, 0.25) is 11.8 Å². The van der Waals surface area contributed by atoms with Gasteiger partial charge >= 0.3 is 6.09 Å². The van der Waals surface area contributed by atoms with E-state index in [1.54, 1.807) is 20.8 Å². The first-order chi connectivity index (χ1) is 10.1. The highest BCUT2D eigenvalue weighted by Gasteiger charge is 2.28. The lowest BCUT2D eigenvalue weighted by Gasteiger charge is -2.32. The highest BCUT2D eigenvalue weighted by atomic mass is 16.6. The van der Waals surface area contributed by atoms with Crippen LogP contribution in [0.4, 0.5) is 4.79 Å². The van der Waals surface area contributed by atoms with Crippen LogP contribution >= 0.6 is 0 Å². The van der Waals surface area contributed by atoms with Crippen LogP contribution in [-0.4, -0.2) is 60.1 Å². The van der Waals surface area contributed by atoms with Gasteiger partial charge in [0.1, 0.15) is 6.61 Å². The van der Waals surface area contributed by atoms with E-state index in [2.05, 4.69) is 5.32 Å². The second-order valence-electron chi connectivity index (χ2n) is 5.92. The van der Waals surface area contributed by atoms with Crippen LogP contribution in [0, 0.1) is 0 Å². The Kier molecular flexibility index (Phi) is 5.92. The van der Waals surface area contributed by atoms with Crippen LogP contribution in [0.15, 0.2) is 12.1 Å². The maximum absolute atomic E-state index is 11.9. The first kappa shape index (κ1) is 18.0. The second kappa shape index (κ2) is 7.26. The van der Waals surface area contributed by atoms with Crippen LogP contribution in [0.5, 0.6) is 0 Å². The Bertz CT molecular complexity index is 481. The molecule has 0 aromatic rings. The van der Waals surface area contributed by atoms with Gasteiger partial charge in [0.15, 0.2) is 0 Å². The van der Waals surface area contributed by atoms with Crippen molar-refractivity contribution >= 4 is 17.9 Å². The van der Waals surface area contributed by atoms with Crippen molar-refractivity contribution in [1.82, 2.24) is 15.1 Å². The normalized spacial score (nSPS) is 15.2. The Hall–Kier alpha value is -2.09. The van der Waals surface area contributed by atoms with Crippen molar-refractivity contribution in [3.63, 3.8) is 0 Å². The van der Waals surface area contributed by atoms with Crippen molar-refractivity contribution in [2.24, 2.45) is 0 Å². The van der Waals surface area contributed by atoms with E-state index in [9.17, 15) is 14.4 Å². The van der Waals surface area contributed by atoms with Crippen molar-refractivity contribution in [2.45, 2.75) is 33.2 Å². The van der Waals surface area contributed by atoms with E-state index in [1.807, 2.05) is 0 Å². The van der Waals surface area contributed by atoms with Crippen molar-refractivity contribution in [1.29, 1.82) is 0 Å². The summed E-state index contributed by atoms with van der Waals surface area (Å²) in [5.41, 5.74) is -0.473. The quantitative estimate of drug-likeness (QED) is 0.826. The Morgan fingerprint density at radius 3 is 2.41 bits per heavy atom. The molecule has 1 rings (SSSR count). The highest BCUT2D eigenvalue weighted by Crippen LogP contribution is 2.15. The number of amides is 3. The Morgan fingerprint density at radius 2 is 1.91 bits per heavy atom. The number of hydrogen-bond donors (Lipinski definition) is 1. The molecular formula is C14H23N3O5. The number of rotatable bonds is 3. The molecule has 0 saturated carbocycles. The van der Waals surface area contributed by atoms with E-state index in [0.29, 0.717) is 6.54 Å². The van der Waals surface area contributed by atoms with Gasteiger partial charge in [-0.25, -0.2) is 4.79 Å². The van der Waals surface area contributed by atoms with Crippen LogP contribution in [0.3, 0.4) is 0 Å². The van der Waals surface area contributed by atoms with Gasteiger partial charge in [-0.05, 0) is 20.8 Å². The number of carbonyl (C=O) groups is 3. The average Bonchev–Trinajstić information content (AvgIpc) is 2.36. The van der Waals surface area contributed by atoms with Gasteiger partial charge in [-0.1, -0.05) is 0 Å². The molecule has 1 heterocycles. The Balaban J connectivity index is 2.88. The van der Waals surface area contributed by atoms with Crippen molar-refractivity contribution in [3.8, 4) is 0 Å². The number of nitrogens with one attached hydrogen (secondary N) is 1. The van der Waals surface area contributed by atoms with E-state index in [0.717, 1.165) is 0 Å². The summed E-state index contributed by atoms with van der Waals surface area (Å²) in [7, 11) is 1.42. The maximum Gasteiger partial charge on any atom is 0.414 e. The zero-order chi connectivity index (χ0) is 16.9. The summed E-state index contributed by atoms with van der Waals surface area (Å²) >= 11 is 0. The SMILES string of the molecule is COCC(=O)N1C=C(OC(=O)NC(C)(C)C)N(C(C)=O)CC1. The summed E-state index contributed by atoms with van der Waals surface area (Å²) in [6, 6.07) is 0. The monoisotopic (exact) mass is 313 g/mol. The van der Waals surface area contributed by atoms with Crippen LogP contribution in [0.1, 0.15) is 27.7 Å². The lowest BCUT2D eigenvalue weighted by molar-refractivity contribution is -0.137. The molecule has 0 aromatic carbocycles. The van der Waals surface area contributed by atoms with E-state index in [-0.39, 0.29) is 30.8 Å². The molecule has 0 spiro atoms. The van der Waals surface area contributed by atoms with E-state index >= 15 is 0 Å². The smallest absolute Gasteiger partial charge is 0.391 e. The van der Waals surface area contributed by atoms with Gasteiger partial charge in [-0.15, -0.1) is 0 Å². The lowest BCUT2D eigenvalue weighted by atomic mass is 10.1. The summed E-state index contributed by atoms with van der Waals surface area (Å²) in [5, 5.41) is 2.63. The minimum absolute atomic E-state index is 0.0185. The third-order valence-corrected chi connectivity index (χ3v) is 2.74. The Labute approximate surface area is 130 Å². The molecule has 0 unspecified atom stereocenters. The zero-order valence-electron chi connectivity index (χ0n) is 13.6. The lowest BCUT2D eigenvalue weighted by Crippen LogP contribution is -2.47. The number of nitrogens with zero attached hydrogens (tertiary/aromatic N) is 2. The van der Waals surface area contributed by atoms with E-state index in [4.69, 9.17) is 9.47 Å². The summed E-state index contributed by atoms with van der Waals surface area (Å²) < 4.78 is 9.97. The fraction of sp³-hybridized carbons (Fsp3) is 0.643. The molecule has 1 aliphatic heterocycles. The number of hydrogen-bond acceptors (Lipinski definition) is 5. The van der Waals surface area contributed by atoms with Gasteiger partial charge in [0.05, 0.1) is 6.20 Å². The molecule has 0 aromatic heterocycles. The zero-order valence-corrected chi connectivity index (χ0v) is 13.6. The third kappa shape index (κ3) is 5.36. The molecule has 0 fully saturated rings. The standard InChI is InChI=1S/C14H23N3O5/c1-10(18)17-7-6-16(11(19)9-21-5)8-12(17)22-13(20)15-14(2,3)4/h8H,6-7,9H2,1-5H3,(H,15,20). The van der Waals surface area contributed by atoms with Crippen LogP contribution in [0.2, 0.25) is 0 Å². The summed E-state index contributed by atoms with van der Waals surface area (Å²) in [4.78, 5) is 38.0. The van der Waals surface area contributed by atoms with Gasteiger partial charge < -0.3 is 19.7 Å². The average molecular weight is 313 g/mol. The third-order valence-electron chi connectivity index (χ3n) is 2.74. The maximum atomic E-state index is 11.9. The minimum Gasteiger partial charge on any atom is -0.391 e. The predicted octanol–water partition coefficient (Wildman–Crippen LogP) is 0.647. The van der Waals surface area contributed by atoms with Crippen molar-refractivity contribution in [2.75, 3.05) is 26.8 Å². The topological polar surface area (TPSA) is 88.2 Å². The van der Waals surface area contributed by atoms with Gasteiger partial charge in [-0.3, -0.25) is 14.5 Å². The molecule has 22 heavy (non-hydrogen) atoms. The van der Waals surface area contributed by atoms with Crippen LogP contribution < -0.4 is 5.32 Å². The first-order valence-electron chi connectivity index (χ1n) is 6.92. The van der Waals surface area contributed by atoms with Gasteiger partial charge in [-0.2, -0.15) is 0 Å². The first-order valence-corrected chi connectivity index (χ1v) is 6.92. The molecule has 8 heteroatoms. The number of ether oxygens (including phenoxy) is 2. The van der Waals surface area contributed by atoms with E-state index < -0.39 is 11.6 Å². The molecule has 1 aliphatic rings. The van der Waals surface area contributed by atoms with Gasteiger partial charge in [0, 0.05) is 32.7 Å². The molecule has 124 valence electrons. The highest BCUT2D eigenvalue weighted by molar-refractivity contribution is 5.80. The van der Waals surface area contributed by atoms with E-state index in [1.165, 1.54) is 30.0 Å². The molecule has 3 amide bonds.